The van der Waals surface area contributed by atoms with E-state index >= 15 is 0 Å². The molecular weight excluding hydrogens is 392 g/mol. The number of rotatable bonds is 6. The molecular formula is C22H28N8O. The Balaban J connectivity index is 1.34. The van der Waals surface area contributed by atoms with E-state index in [4.69, 9.17) is 0 Å². The topological polar surface area (TPSA) is 102 Å². The number of likely N-dealkylation sites (N-methyl/N-ethyl adjacent to an activating group) is 1. The van der Waals surface area contributed by atoms with E-state index in [0.29, 0.717) is 30.3 Å². The SMILES string of the molecule is CN1CCN(c2nc(NCc3ccc(O)cc3)nc(NC3=NCC(C4CC4)=C3)n2)CC1. The second-order valence-corrected chi connectivity index (χ2v) is 8.41. The fourth-order valence-corrected chi connectivity index (χ4v) is 3.78. The van der Waals surface area contributed by atoms with Crippen molar-refractivity contribution in [3.05, 3.63) is 41.5 Å². The zero-order valence-corrected chi connectivity index (χ0v) is 17.8. The maximum atomic E-state index is 9.48. The Morgan fingerprint density at radius 1 is 1.00 bits per heavy atom. The van der Waals surface area contributed by atoms with Gasteiger partial charge in [0, 0.05) is 32.7 Å². The Hall–Kier alpha value is -3.20. The number of benzene rings is 1. The molecule has 9 heteroatoms. The highest BCUT2D eigenvalue weighted by Gasteiger charge is 2.28. The molecule has 3 aliphatic rings. The summed E-state index contributed by atoms with van der Waals surface area (Å²) in [6.07, 6.45) is 4.69. The van der Waals surface area contributed by atoms with Crippen molar-refractivity contribution in [3.63, 3.8) is 0 Å². The second-order valence-electron chi connectivity index (χ2n) is 8.41. The normalized spacial score (nSPS) is 19.2. The molecule has 3 N–H and O–H groups in total. The molecule has 2 aromatic rings. The summed E-state index contributed by atoms with van der Waals surface area (Å²) in [5.74, 6) is 3.48. The van der Waals surface area contributed by atoms with Crippen molar-refractivity contribution in [1.82, 2.24) is 19.9 Å². The van der Waals surface area contributed by atoms with Crippen LogP contribution < -0.4 is 15.5 Å². The third-order valence-electron chi connectivity index (χ3n) is 5.89. The minimum atomic E-state index is 0.253. The summed E-state index contributed by atoms with van der Waals surface area (Å²) in [7, 11) is 2.13. The molecule has 31 heavy (non-hydrogen) atoms. The second kappa shape index (κ2) is 8.50. The van der Waals surface area contributed by atoms with Gasteiger partial charge in [-0.25, -0.2) is 0 Å². The van der Waals surface area contributed by atoms with Gasteiger partial charge in [-0.1, -0.05) is 12.1 Å². The predicted octanol–water partition coefficient (Wildman–Crippen LogP) is 2.10. The average Bonchev–Trinajstić information content (AvgIpc) is 3.53. The number of phenols is 1. The van der Waals surface area contributed by atoms with Gasteiger partial charge in [-0.3, -0.25) is 4.99 Å². The minimum Gasteiger partial charge on any atom is -0.508 e. The van der Waals surface area contributed by atoms with Crippen LogP contribution in [-0.4, -0.2) is 70.6 Å². The summed E-state index contributed by atoms with van der Waals surface area (Å²) in [5.41, 5.74) is 2.44. The first-order valence-corrected chi connectivity index (χ1v) is 10.9. The fraction of sp³-hybridized carbons (Fsp3) is 0.455. The lowest BCUT2D eigenvalue weighted by atomic mass is 10.2. The lowest BCUT2D eigenvalue weighted by Crippen LogP contribution is -2.45. The first kappa shape index (κ1) is 19.7. The summed E-state index contributed by atoms with van der Waals surface area (Å²) >= 11 is 0. The number of anilines is 3. The van der Waals surface area contributed by atoms with Gasteiger partial charge in [-0.15, -0.1) is 0 Å². The zero-order valence-electron chi connectivity index (χ0n) is 17.8. The molecule has 3 heterocycles. The van der Waals surface area contributed by atoms with Gasteiger partial charge in [0.15, 0.2) is 0 Å². The highest BCUT2D eigenvalue weighted by Crippen LogP contribution is 2.37. The van der Waals surface area contributed by atoms with Gasteiger partial charge in [0.2, 0.25) is 17.8 Å². The monoisotopic (exact) mass is 420 g/mol. The van der Waals surface area contributed by atoms with E-state index in [-0.39, 0.29) is 5.75 Å². The number of nitrogens with one attached hydrogen (secondary N) is 2. The lowest BCUT2D eigenvalue weighted by molar-refractivity contribution is 0.311. The number of nitrogens with zero attached hydrogens (tertiary/aromatic N) is 6. The maximum Gasteiger partial charge on any atom is 0.234 e. The number of hydrogen-bond donors (Lipinski definition) is 3. The van der Waals surface area contributed by atoms with E-state index < -0.39 is 0 Å². The van der Waals surface area contributed by atoms with Crippen LogP contribution >= 0.6 is 0 Å². The molecule has 9 nitrogen and oxygen atoms in total. The quantitative estimate of drug-likeness (QED) is 0.653. The lowest BCUT2D eigenvalue weighted by Gasteiger charge is -2.32. The summed E-state index contributed by atoms with van der Waals surface area (Å²) in [4.78, 5) is 23.0. The number of phenolic OH excluding ortho intramolecular Hbond substituents is 1. The number of piperazine rings is 1. The van der Waals surface area contributed by atoms with Gasteiger partial charge >= 0.3 is 0 Å². The molecule has 1 saturated carbocycles. The largest absolute Gasteiger partial charge is 0.508 e. The highest BCUT2D eigenvalue weighted by molar-refractivity contribution is 6.05. The molecule has 0 bridgehead atoms. The number of aromatic nitrogens is 3. The summed E-state index contributed by atoms with van der Waals surface area (Å²) < 4.78 is 0. The summed E-state index contributed by atoms with van der Waals surface area (Å²) in [6.45, 7) is 5.04. The predicted molar refractivity (Wildman–Crippen MR) is 122 cm³/mol. The number of aromatic hydroxyl groups is 1. The molecule has 1 aromatic heterocycles. The molecule has 2 aliphatic heterocycles. The van der Waals surface area contributed by atoms with Crippen LogP contribution in [0, 0.1) is 5.92 Å². The molecule has 5 rings (SSSR count). The van der Waals surface area contributed by atoms with E-state index in [2.05, 4.69) is 53.5 Å². The van der Waals surface area contributed by atoms with Crippen LogP contribution in [0.1, 0.15) is 18.4 Å². The highest BCUT2D eigenvalue weighted by atomic mass is 16.3. The van der Waals surface area contributed by atoms with Crippen LogP contribution in [-0.2, 0) is 6.54 Å². The first-order valence-electron chi connectivity index (χ1n) is 10.9. The Labute approximate surface area is 181 Å². The Bertz CT molecular complexity index is 991. The van der Waals surface area contributed by atoms with Crippen molar-refractivity contribution in [2.24, 2.45) is 10.9 Å². The molecule has 0 spiro atoms. The fourth-order valence-electron chi connectivity index (χ4n) is 3.78. The van der Waals surface area contributed by atoms with Crippen LogP contribution in [0.25, 0.3) is 0 Å². The third kappa shape index (κ3) is 4.93. The van der Waals surface area contributed by atoms with Crippen molar-refractivity contribution >= 4 is 23.7 Å². The van der Waals surface area contributed by atoms with Gasteiger partial charge in [0.05, 0.1) is 6.54 Å². The standard InChI is InChI=1S/C22H28N8O/c1-29-8-10-30(11-9-29)22-27-20(24-13-15-2-6-18(31)7-3-15)26-21(28-22)25-19-12-17(14-23-19)16-4-5-16/h2-3,6-7,12,16,31H,4-5,8-11,13-14H2,1H3,(H2,23,24,25,26,27,28). The van der Waals surface area contributed by atoms with Gasteiger partial charge < -0.3 is 25.5 Å². The molecule has 1 aromatic carbocycles. The van der Waals surface area contributed by atoms with Gasteiger partial charge in [0.1, 0.15) is 11.6 Å². The molecule has 0 amide bonds. The molecule has 1 aliphatic carbocycles. The maximum absolute atomic E-state index is 9.48. The smallest absolute Gasteiger partial charge is 0.234 e. The first-order chi connectivity index (χ1) is 15.1. The molecule has 2 fully saturated rings. The zero-order chi connectivity index (χ0) is 21.2. The van der Waals surface area contributed by atoms with Gasteiger partial charge in [0.25, 0.3) is 0 Å². The van der Waals surface area contributed by atoms with Crippen LogP contribution in [0.2, 0.25) is 0 Å². The number of amidine groups is 1. The van der Waals surface area contributed by atoms with E-state index in [1.165, 1.54) is 18.4 Å². The van der Waals surface area contributed by atoms with Crippen molar-refractivity contribution in [3.8, 4) is 5.75 Å². The molecule has 162 valence electrons. The molecule has 0 radical (unpaired) electrons. The van der Waals surface area contributed by atoms with Crippen LogP contribution in [0.3, 0.4) is 0 Å². The Kier molecular flexibility index (Phi) is 5.42. The summed E-state index contributed by atoms with van der Waals surface area (Å²) in [5, 5.41) is 16.1. The number of aliphatic imine (C=N–C) groups is 1. The van der Waals surface area contributed by atoms with Crippen molar-refractivity contribution < 1.29 is 5.11 Å². The Morgan fingerprint density at radius 2 is 1.74 bits per heavy atom. The van der Waals surface area contributed by atoms with Crippen molar-refractivity contribution in [2.45, 2.75) is 19.4 Å². The van der Waals surface area contributed by atoms with E-state index in [1.54, 1.807) is 12.1 Å². The molecule has 0 unspecified atom stereocenters. The molecule has 1 saturated heterocycles. The Morgan fingerprint density at radius 3 is 2.48 bits per heavy atom. The van der Waals surface area contributed by atoms with E-state index in [9.17, 15) is 5.11 Å². The van der Waals surface area contributed by atoms with E-state index in [0.717, 1.165) is 44.1 Å². The van der Waals surface area contributed by atoms with Crippen LogP contribution in [0.4, 0.5) is 17.8 Å². The average molecular weight is 421 g/mol. The van der Waals surface area contributed by atoms with Crippen LogP contribution in [0.5, 0.6) is 5.75 Å². The summed E-state index contributed by atoms with van der Waals surface area (Å²) in [6, 6.07) is 7.10. The third-order valence-corrected chi connectivity index (χ3v) is 5.89. The minimum absolute atomic E-state index is 0.253. The van der Waals surface area contributed by atoms with Crippen molar-refractivity contribution in [2.75, 3.05) is 55.3 Å². The molecule has 0 atom stereocenters. The van der Waals surface area contributed by atoms with Crippen molar-refractivity contribution in [1.29, 1.82) is 0 Å². The number of hydrogen-bond acceptors (Lipinski definition) is 9. The van der Waals surface area contributed by atoms with Gasteiger partial charge in [-0.2, -0.15) is 15.0 Å². The van der Waals surface area contributed by atoms with Crippen LogP contribution in [0.15, 0.2) is 40.9 Å². The van der Waals surface area contributed by atoms with E-state index in [1.807, 2.05) is 12.1 Å². The van der Waals surface area contributed by atoms with Gasteiger partial charge in [-0.05, 0) is 55.2 Å².